The molecule has 0 spiro atoms. The Balaban J connectivity index is 2.97. The molecule has 1 aromatic carbocycles. The van der Waals surface area contributed by atoms with E-state index in [-0.39, 0.29) is 23.1 Å². The number of nitrogens with zero attached hydrogens (tertiary/aromatic N) is 1. The third-order valence-corrected chi connectivity index (χ3v) is 5.91. The molecule has 0 bridgehead atoms. The Labute approximate surface area is 198 Å². The summed E-state index contributed by atoms with van der Waals surface area (Å²) in [5.41, 5.74) is 3.23. The second kappa shape index (κ2) is 13.7. The van der Waals surface area contributed by atoms with Gasteiger partial charge in [-0.25, -0.2) is 0 Å². The lowest BCUT2D eigenvalue weighted by molar-refractivity contribution is -0.121. The highest BCUT2D eigenvalue weighted by atomic mass is 79.9. The molecule has 1 N–H and O–H groups in total. The number of oxime groups is 1. The summed E-state index contributed by atoms with van der Waals surface area (Å²) in [5.74, 6) is -0.270. The number of halogens is 1. The number of carbonyl (C=O) groups is 1. The number of benzene rings is 1. The van der Waals surface area contributed by atoms with Crippen molar-refractivity contribution < 1.29 is 9.63 Å². The van der Waals surface area contributed by atoms with Crippen molar-refractivity contribution in [3.63, 3.8) is 0 Å². The van der Waals surface area contributed by atoms with E-state index in [1.54, 1.807) is 0 Å². The largest absolute Gasteiger partial charge is 0.352 e. The fourth-order valence-electron chi connectivity index (χ4n) is 3.42. The van der Waals surface area contributed by atoms with E-state index in [0.717, 1.165) is 67.1 Å². The van der Waals surface area contributed by atoms with Gasteiger partial charge in [-0.2, -0.15) is 0 Å². The highest BCUT2D eigenvalue weighted by Crippen LogP contribution is 2.27. The Bertz CT molecular complexity index is 750. The summed E-state index contributed by atoms with van der Waals surface area (Å²) in [6.07, 6.45) is 8.10. The van der Waals surface area contributed by atoms with Crippen LogP contribution < -0.4 is 5.32 Å². The van der Waals surface area contributed by atoms with Gasteiger partial charge in [0, 0.05) is 9.89 Å². The number of aryl methyl sites for hydroxylation is 1. The highest BCUT2D eigenvalue weighted by Gasteiger charge is 2.22. The molecule has 31 heavy (non-hydrogen) atoms. The molecule has 5 heteroatoms. The molecule has 1 atom stereocenters. The van der Waals surface area contributed by atoms with Gasteiger partial charge in [-0.3, -0.25) is 4.79 Å². The van der Waals surface area contributed by atoms with Crippen molar-refractivity contribution in [3.05, 3.63) is 46.1 Å². The number of hydrogen-bond donors (Lipinski definition) is 1. The zero-order valence-electron chi connectivity index (χ0n) is 20.3. The molecule has 0 aromatic heterocycles. The van der Waals surface area contributed by atoms with Gasteiger partial charge in [0.2, 0.25) is 5.76 Å². The maximum Gasteiger partial charge on any atom is 0.289 e. The van der Waals surface area contributed by atoms with Crippen LogP contribution in [0.3, 0.4) is 0 Å². The van der Waals surface area contributed by atoms with Gasteiger partial charge in [-0.05, 0) is 55.5 Å². The average molecular weight is 494 g/mol. The van der Waals surface area contributed by atoms with E-state index in [2.05, 4.69) is 86.7 Å². The molecule has 0 saturated carbocycles. The summed E-state index contributed by atoms with van der Waals surface area (Å²) in [7, 11) is 0. The molecule has 0 fully saturated rings. The van der Waals surface area contributed by atoms with E-state index in [0.29, 0.717) is 0 Å². The zero-order chi connectivity index (χ0) is 23.4. The lowest BCUT2D eigenvalue weighted by atomic mass is 9.87. The predicted molar refractivity (Wildman–Crippen MR) is 135 cm³/mol. The number of carbonyl (C=O) groups excluding carboxylic acids is 1. The van der Waals surface area contributed by atoms with E-state index in [4.69, 9.17) is 4.84 Å². The maximum absolute atomic E-state index is 12.9. The number of unbranched alkanes of at least 4 members (excludes halogenated alkanes) is 3. The standard InChI is InChI=1S/C26H41BrN2O2/c1-8-11-13-14-23(22-17-16-21(27)18-20(22)10-3)28-25(30)19(4)31-29-24(15-12-9-2)26(5,6)7/h16-18,23H,4,8-15H2,1-3,5-7H3,(H,28,30)/b29-24+. The van der Waals surface area contributed by atoms with E-state index >= 15 is 0 Å². The minimum Gasteiger partial charge on any atom is -0.352 e. The van der Waals surface area contributed by atoms with E-state index in [1.807, 2.05) is 6.07 Å². The van der Waals surface area contributed by atoms with Crippen LogP contribution in [0, 0.1) is 5.41 Å². The van der Waals surface area contributed by atoms with Gasteiger partial charge < -0.3 is 10.2 Å². The van der Waals surface area contributed by atoms with Crippen LogP contribution in [0.4, 0.5) is 0 Å². The van der Waals surface area contributed by atoms with Crippen molar-refractivity contribution in [2.75, 3.05) is 0 Å². The first-order chi connectivity index (χ1) is 14.6. The first kappa shape index (κ1) is 27.4. The molecule has 0 aliphatic heterocycles. The van der Waals surface area contributed by atoms with Gasteiger partial charge in [-0.15, -0.1) is 0 Å². The Morgan fingerprint density at radius 1 is 1.16 bits per heavy atom. The summed E-state index contributed by atoms with van der Waals surface area (Å²) in [6.45, 7) is 16.6. The van der Waals surface area contributed by atoms with E-state index in [1.165, 1.54) is 5.56 Å². The molecular formula is C26H41BrN2O2. The van der Waals surface area contributed by atoms with Crippen LogP contribution in [-0.4, -0.2) is 11.6 Å². The monoisotopic (exact) mass is 492 g/mol. The number of nitrogens with one attached hydrogen (secondary N) is 1. The first-order valence-electron chi connectivity index (χ1n) is 11.7. The number of rotatable bonds is 13. The topological polar surface area (TPSA) is 50.7 Å². The second-order valence-electron chi connectivity index (χ2n) is 9.12. The third-order valence-electron chi connectivity index (χ3n) is 5.42. The summed E-state index contributed by atoms with van der Waals surface area (Å²) >= 11 is 3.56. The first-order valence-corrected chi connectivity index (χ1v) is 12.5. The maximum atomic E-state index is 12.9. The molecule has 1 aromatic rings. The van der Waals surface area contributed by atoms with Crippen molar-refractivity contribution in [1.29, 1.82) is 0 Å². The molecule has 4 nitrogen and oxygen atoms in total. The van der Waals surface area contributed by atoms with Gasteiger partial charge in [0.15, 0.2) is 0 Å². The quantitative estimate of drug-likeness (QED) is 0.0999. The van der Waals surface area contributed by atoms with E-state index in [9.17, 15) is 4.79 Å². The number of amides is 1. The molecule has 174 valence electrons. The van der Waals surface area contributed by atoms with Gasteiger partial charge >= 0.3 is 0 Å². The fourth-order valence-corrected chi connectivity index (χ4v) is 3.83. The van der Waals surface area contributed by atoms with Gasteiger partial charge in [0.1, 0.15) is 0 Å². The SMILES string of the molecule is C=C(O/N=C(\CCCC)C(C)(C)C)C(=O)NC(CCCCC)c1ccc(Br)cc1CC. The number of hydrogen-bond acceptors (Lipinski definition) is 3. The molecule has 0 saturated heterocycles. The molecule has 0 heterocycles. The zero-order valence-corrected chi connectivity index (χ0v) is 21.9. The van der Waals surface area contributed by atoms with Crippen LogP contribution in [0.25, 0.3) is 0 Å². The minimum absolute atomic E-state index is 0.0360. The van der Waals surface area contributed by atoms with Crippen LogP contribution in [0.1, 0.15) is 104 Å². The van der Waals surface area contributed by atoms with Crippen molar-refractivity contribution >= 4 is 27.5 Å². The molecule has 0 radical (unpaired) electrons. The molecule has 0 aliphatic carbocycles. The lowest BCUT2D eigenvalue weighted by Crippen LogP contribution is -2.31. The van der Waals surface area contributed by atoms with E-state index < -0.39 is 0 Å². The molecule has 1 unspecified atom stereocenters. The summed E-state index contributed by atoms with van der Waals surface area (Å²) in [5, 5.41) is 7.45. The van der Waals surface area contributed by atoms with Crippen molar-refractivity contribution in [1.82, 2.24) is 5.32 Å². The minimum atomic E-state index is -0.307. The van der Waals surface area contributed by atoms with Gasteiger partial charge in [0.25, 0.3) is 5.91 Å². The van der Waals surface area contributed by atoms with Crippen molar-refractivity contribution in [2.24, 2.45) is 10.6 Å². The normalized spacial score (nSPS) is 13.1. The highest BCUT2D eigenvalue weighted by molar-refractivity contribution is 9.10. The molecule has 1 rings (SSSR count). The summed E-state index contributed by atoms with van der Waals surface area (Å²) in [4.78, 5) is 18.4. The Hall–Kier alpha value is -1.62. The fraction of sp³-hybridized carbons (Fsp3) is 0.615. The van der Waals surface area contributed by atoms with Gasteiger partial charge in [0.05, 0.1) is 11.8 Å². The van der Waals surface area contributed by atoms with Crippen molar-refractivity contribution in [3.8, 4) is 0 Å². The molecule has 0 aliphatic rings. The third kappa shape index (κ3) is 9.59. The van der Waals surface area contributed by atoms with Crippen molar-refractivity contribution in [2.45, 2.75) is 99.0 Å². The summed E-state index contributed by atoms with van der Waals surface area (Å²) in [6, 6.07) is 6.19. The molecular weight excluding hydrogens is 452 g/mol. The van der Waals surface area contributed by atoms with Crippen LogP contribution >= 0.6 is 15.9 Å². The smallest absolute Gasteiger partial charge is 0.289 e. The Morgan fingerprint density at radius 3 is 2.42 bits per heavy atom. The molecule has 1 amide bonds. The summed E-state index contributed by atoms with van der Waals surface area (Å²) < 4.78 is 1.05. The Kier molecular flexibility index (Phi) is 12.1. The van der Waals surface area contributed by atoms with Gasteiger partial charge in [-0.1, -0.05) is 94.4 Å². The predicted octanol–water partition coefficient (Wildman–Crippen LogP) is 7.87. The van der Waals surface area contributed by atoms with Crippen LogP contribution in [0.5, 0.6) is 0 Å². The van der Waals surface area contributed by atoms with Crippen LogP contribution in [0.2, 0.25) is 0 Å². The average Bonchev–Trinajstić information content (AvgIpc) is 2.71. The van der Waals surface area contributed by atoms with Crippen LogP contribution in [-0.2, 0) is 16.1 Å². The Morgan fingerprint density at radius 2 is 1.84 bits per heavy atom. The van der Waals surface area contributed by atoms with Crippen LogP contribution in [0.15, 0.2) is 40.2 Å². The second-order valence-corrected chi connectivity index (χ2v) is 10.0. The lowest BCUT2D eigenvalue weighted by Gasteiger charge is -2.23.